The van der Waals surface area contributed by atoms with Gasteiger partial charge in [0, 0.05) is 6.04 Å². The lowest BCUT2D eigenvalue weighted by Gasteiger charge is -2.38. The molecule has 0 bridgehead atoms. The number of esters is 1. The van der Waals surface area contributed by atoms with E-state index in [4.69, 9.17) is 4.74 Å². The fourth-order valence-electron chi connectivity index (χ4n) is 3.16. The minimum Gasteiger partial charge on any atom is -0.469 e. The number of hydrogen-bond acceptors (Lipinski definition) is 3. The van der Waals surface area contributed by atoms with Crippen molar-refractivity contribution in [3.8, 4) is 0 Å². The molecule has 0 aliphatic carbocycles. The molecule has 1 fully saturated rings. The second-order valence-corrected chi connectivity index (χ2v) is 6.56. The van der Waals surface area contributed by atoms with Crippen molar-refractivity contribution >= 4 is 5.97 Å². The SMILES string of the molecule is COC(=O)C(C)(C)[C@@H]1CCN[C@H](c2ccc(C(F)(F)F)cc2)C1. The fraction of sp³-hybridized carbons (Fsp3) is 0.588. The Morgan fingerprint density at radius 1 is 1.22 bits per heavy atom. The van der Waals surface area contributed by atoms with E-state index >= 15 is 0 Å². The van der Waals surface area contributed by atoms with Crippen LogP contribution in [0.1, 0.15) is 43.9 Å². The number of carbonyl (C=O) groups is 1. The largest absolute Gasteiger partial charge is 0.469 e. The topological polar surface area (TPSA) is 38.3 Å². The molecule has 0 saturated carbocycles. The molecule has 128 valence electrons. The molecule has 23 heavy (non-hydrogen) atoms. The van der Waals surface area contributed by atoms with Crippen molar-refractivity contribution in [1.29, 1.82) is 0 Å². The third-order valence-electron chi connectivity index (χ3n) is 4.78. The lowest BCUT2D eigenvalue weighted by atomic mass is 9.71. The first kappa shape index (κ1) is 17.8. The van der Waals surface area contributed by atoms with Gasteiger partial charge in [0.05, 0.1) is 18.1 Å². The number of halogens is 3. The van der Waals surface area contributed by atoms with E-state index in [-0.39, 0.29) is 17.9 Å². The Morgan fingerprint density at radius 2 is 1.83 bits per heavy atom. The number of rotatable bonds is 3. The Kier molecular flexibility index (Phi) is 5.04. The number of nitrogens with one attached hydrogen (secondary N) is 1. The highest BCUT2D eigenvalue weighted by molar-refractivity contribution is 5.76. The van der Waals surface area contributed by atoms with Crippen LogP contribution in [0.2, 0.25) is 0 Å². The molecule has 0 spiro atoms. The van der Waals surface area contributed by atoms with Gasteiger partial charge in [-0.1, -0.05) is 12.1 Å². The summed E-state index contributed by atoms with van der Waals surface area (Å²) < 4.78 is 42.8. The van der Waals surface area contributed by atoms with E-state index in [2.05, 4.69) is 5.32 Å². The predicted molar refractivity (Wildman–Crippen MR) is 80.7 cm³/mol. The Labute approximate surface area is 134 Å². The summed E-state index contributed by atoms with van der Waals surface area (Å²) in [5, 5.41) is 3.32. The molecule has 6 heteroatoms. The normalized spacial score (nSPS) is 22.7. The lowest BCUT2D eigenvalue weighted by Crippen LogP contribution is -2.42. The van der Waals surface area contributed by atoms with Crippen molar-refractivity contribution in [2.75, 3.05) is 13.7 Å². The van der Waals surface area contributed by atoms with Crippen molar-refractivity contribution in [3.05, 3.63) is 35.4 Å². The van der Waals surface area contributed by atoms with Crippen LogP contribution in [0.4, 0.5) is 13.2 Å². The number of ether oxygens (including phenoxy) is 1. The average Bonchev–Trinajstić information content (AvgIpc) is 2.53. The van der Waals surface area contributed by atoms with Crippen LogP contribution < -0.4 is 5.32 Å². The molecule has 0 aromatic heterocycles. The van der Waals surface area contributed by atoms with Gasteiger partial charge in [0.25, 0.3) is 0 Å². The van der Waals surface area contributed by atoms with Crippen LogP contribution in [0, 0.1) is 11.3 Å². The molecule has 0 amide bonds. The zero-order chi connectivity index (χ0) is 17.3. The molecule has 1 N–H and O–H groups in total. The van der Waals surface area contributed by atoms with Crippen molar-refractivity contribution < 1.29 is 22.7 Å². The first-order chi connectivity index (χ1) is 10.7. The summed E-state index contributed by atoms with van der Waals surface area (Å²) in [6, 6.07) is 5.17. The van der Waals surface area contributed by atoms with Crippen LogP contribution in [0.5, 0.6) is 0 Å². The third kappa shape index (κ3) is 3.86. The lowest BCUT2D eigenvalue weighted by molar-refractivity contribution is -0.154. The molecule has 0 unspecified atom stereocenters. The van der Waals surface area contributed by atoms with E-state index in [0.29, 0.717) is 6.42 Å². The standard InChI is InChI=1S/C17H22F3NO2/c1-16(2,15(22)23-3)13-8-9-21-14(10-13)11-4-6-12(7-5-11)17(18,19)20/h4-7,13-14,21H,8-10H2,1-3H3/t13-,14+/m1/s1. The predicted octanol–water partition coefficient (Wildman–Crippen LogP) is 3.95. The van der Waals surface area contributed by atoms with Crippen molar-refractivity contribution in [2.45, 2.75) is 38.9 Å². The average molecular weight is 329 g/mol. The number of benzene rings is 1. The van der Waals surface area contributed by atoms with Crippen LogP contribution >= 0.6 is 0 Å². The zero-order valence-electron chi connectivity index (χ0n) is 13.5. The van der Waals surface area contributed by atoms with Gasteiger partial charge in [-0.05, 0) is 56.8 Å². The van der Waals surface area contributed by atoms with Gasteiger partial charge in [-0.15, -0.1) is 0 Å². The van der Waals surface area contributed by atoms with Gasteiger partial charge in [-0.25, -0.2) is 0 Å². The van der Waals surface area contributed by atoms with E-state index in [1.807, 2.05) is 13.8 Å². The Hall–Kier alpha value is -1.56. The smallest absolute Gasteiger partial charge is 0.416 e. The van der Waals surface area contributed by atoms with E-state index in [0.717, 1.165) is 30.7 Å². The van der Waals surface area contributed by atoms with E-state index in [1.165, 1.54) is 19.2 Å². The third-order valence-corrected chi connectivity index (χ3v) is 4.78. The highest BCUT2D eigenvalue weighted by Crippen LogP contribution is 2.40. The number of hydrogen-bond donors (Lipinski definition) is 1. The molecule has 2 atom stereocenters. The maximum atomic E-state index is 12.6. The summed E-state index contributed by atoms with van der Waals surface area (Å²) in [6.45, 7) is 4.44. The molecule has 1 saturated heterocycles. The summed E-state index contributed by atoms with van der Waals surface area (Å²) in [5.41, 5.74) is -0.451. The molecule has 0 radical (unpaired) electrons. The van der Waals surface area contributed by atoms with Gasteiger partial charge in [0.1, 0.15) is 0 Å². The number of methoxy groups -OCH3 is 1. The Bertz CT molecular complexity index is 552. The minimum atomic E-state index is -4.33. The Balaban J connectivity index is 2.14. The van der Waals surface area contributed by atoms with Crippen molar-refractivity contribution in [1.82, 2.24) is 5.32 Å². The molecule has 1 aromatic rings. The van der Waals surface area contributed by atoms with Crippen LogP contribution in [0.15, 0.2) is 24.3 Å². The van der Waals surface area contributed by atoms with Crippen LogP contribution in [-0.2, 0) is 15.7 Å². The zero-order valence-corrected chi connectivity index (χ0v) is 13.5. The monoisotopic (exact) mass is 329 g/mol. The molecule has 3 nitrogen and oxygen atoms in total. The number of piperidine rings is 1. The molecular weight excluding hydrogens is 307 g/mol. The van der Waals surface area contributed by atoms with E-state index < -0.39 is 17.2 Å². The van der Waals surface area contributed by atoms with Gasteiger partial charge in [0.15, 0.2) is 0 Å². The van der Waals surface area contributed by atoms with Gasteiger partial charge in [-0.3, -0.25) is 4.79 Å². The molecule has 1 heterocycles. The summed E-state index contributed by atoms with van der Waals surface area (Å²) in [5.74, 6) is -0.140. The molecular formula is C17H22F3NO2. The van der Waals surface area contributed by atoms with Gasteiger partial charge in [-0.2, -0.15) is 13.2 Å². The maximum Gasteiger partial charge on any atom is 0.416 e. The molecule has 1 aromatic carbocycles. The summed E-state index contributed by atoms with van der Waals surface area (Å²) in [6.07, 6.45) is -2.80. The Morgan fingerprint density at radius 3 is 2.35 bits per heavy atom. The maximum absolute atomic E-state index is 12.6. The minimum absolute atomic E-state index is 0.0556. The summed E-state index contributed by atoms with van der Waals surface area (Å²) in [7, 11) is 1.37. The van der Waals surface area contributed by atoms with Crippen LogP contribution in [0.3, 0.4) is 0 Å². The second-order valence-electron chi connectivity index (χ2n) is 6.56. The number of carbonyl (C=O) groups excluding carboxylic acids is 1. The van der Waals surface area contributed by atoms with Crippen molar-refractivity contribution in [2.24, 2.45) is 11.3 Å². The van der Waals surface area contributed by atoms with E-state index in [1.54, 1.807) is 0 Å². The molecule has 1 aliphatic heterocycles. The highest BCUT2D eigenvalue weighted by Gasteiger charge is 2.40. The molecule has 2 rings (SSSR count). The van der Waals surface area contributed by atoms with Crippen molar-refractivity contribution in [3.63, 3.8) is 0 Å². The molecule has 1 aliphatic rings. The van der Waals surface area contributed by atoms with Crippen LogP contribution in [0.25, 0.3) is 0 Å². The quantitative estimate of drug-likeness (QED) is 0.854. The first-order valence-corrected chi connectivity index (χ1v) is 7.65. The summed E-state index contributed by atoms with van der Waals surface area (Å²) >= 11 is 0. The fourth-order valence-corrected chi connectivity index (χ4v) is 3.16. The second kappa shape index (κ2) is 6.51. The number of alkyl halides is 3. The highest BCUT2D eigenvalue weighted by atomic mass is 19.4. The van der Waals surface area contributed by atoms with Gasteiger partial charge >= 0.3 is 12.1 Å². The van der Waals surface area contributed by atoms with Gasteiger partial charge < -0.3 is 10.1 Å². The first-order valence-electron chi connectivity index (χ1n) is 7.65. The summed E-state index contributed by atoms with van der Waals surface area (Å²) in [4.78, 5) is 12.0. The van der Waals surface area contributed by atoms with Crippen LogP contribution in [-0.4, -0.2) is 19.6 Å². The van der Waals surface area contributed by atoms with Gasteiger partial charge in [0.2, 0.25) is 0 Å². The van der Waals surface area contributed by atoms with E-state index in [9.17, 15) is 18.0 Å².